The first-order valence-corrected chi connectivity index (χ1v) is 6.91. The normalized spacial score (nSPS) is 10.7. The third-order valence-electron chi connectivity index (χ3n) is 2.96. The third kappa shape index (κ3) is 2.57. The highest BCUT2D eigenvalue weighted by molar-refractivity contribution is 7.10. The molecule has 0 fully saturated rings. The zero-order valence-electron chi connectivity index (χ0n) is 11.3. The van der Waals surface area contributed by atoms with Crippen molar-refractivity contribution in [1.29, 1.82) is 0 Å². The number of benzene rings is 1. The monoisotopic (exact) mass is 261 g/mol. The maximum atomic E-state index is 5.52. The zero-order valence-corrected chi connectivity index (χ0v) is 12.1. The Morgan fingerprint density at radius 2 is 2.00 bits per heavy atom. The van der Waals surface area contributed by atoms with Crippen LogP contribution in [0.25, 0.3) is 11.1 Å². The second-order valence-electron chi connectivity index (χ2n) is 4.49. The van der Waals surface area contributed by atoms with Crippen LogP contribution in [0.15, 0.2) is 23.6 Å². The Balaban J connectivity index is 2.48. The number of aryl methyl sites for hydroxylation is 2. The first-order chi connectivity index (χ1) is 8.65. The van der Waals surface area contributed by atoms with Gasteiger partial charge in [0.1, 0.15) is 5.75 Å². The van der Waals surface area contributed by atoms with Gasteiger partial charge in [0.05, 0.1) is 7.11 Å². The van der Waals surface area contributed by atoms with E-state index in [9.17, 15) is 0 Å². The molecule has 0 bridgehead atoms. The highest BCUT2D eigenvalue weighted by Gasteiger charge is 2.11. The largest absolute Gasteiger partial charge is 0.496 e. The second-order valence-corrected chi connectivity index (χ2v) is 5.49. The maximum absolute atomic E-state index is 5.52. The van der Waals surface area contributed by atoms with Crippen LogP contribution in [0.2, 0.25) is 0 Å². The Labute approximate surface area is 113 Å². The summed E-state index contributed by atoms with van der Waals surface area (Å²) < 4.78 is 5.52. The highest BCUT2D eigenvalue weighted by Crippen LogP contribution is 2.36. The van der Waals surface area contributed by atoms with Crippen LogP contribution < -0.4 is 10.1 Å². The fourth-order valence-electron chi connectivity index (χ4n) is 2.24. The van der Waals surface area contributed by atoms with E-state index in [2.05, 4.69) is 42.7 Å². The lowest BCUT2D eigenvalue weighted by molar-refractivity contribution is 0.416. The van der Waals surface area contributed by atoms with Crippen molar-refractivity contribution in [3.63, 3.8) is 0 Å². The SMILES string of the molecule is CNCc1cc(-c2c(C)cc(C)cc2OC)cs1. The summed E-state index contributed by atoms with van der Waals surface area (Å²) >= 11 is 1.78. The Kier molecular flexibility index (Phi) is 4.04. The zero-order chi connectivity index (χ0) is 13.1. The summed E-state index contributed by atoms with van der Waals surface area (Å²) in [7, 11) is 3.70. The van der Waals surface area contributed by atoms with Crippen LogP contribution in [-0.4, -0.2) is 14.2 Å². The van der Waals surface area contributed by atoms with Crippen LogP contribution in [0, 0.1) is 13.8 Å². The van der Waals surface area contributed by atoms with Gasteiger partial charge in [-0.1, -0.05) is 6.07 Å². The molecule has 1 N–H and O–H groups in total. The lowest BCUT2D eigenvalue weighted by atomic mass is 9.99. The van der Waals surface area contributed by atoms with Gasteiger partial charge in [0.2, 0.25) is 0 Å². The van der Waals surface area contributed by atoms with E-state index in [-0.39, 0.29) is 0 Å². The standard InChI is InChI=1S/C15H19NOS/c1-10-5-11(2)15(14(6-10)17-4)12-7-13(8-16-3)18-9-12/h5-7,9,16H,8H2,1-4H3. The predicted molar refractivity (Wildman–Crippen MR) is 78.5 cm³/mol. The van der Waals surface area contributed by atoms with Crippen molar-refractivity contribution < 1.29 is 4.74 Å². The lowest BCUT2D eigenvalue weighted by Gasteiger charge is -2.11. The van der Waals surface area contributed by atoms with E-state index < -0.39 is 0 Å². The van der Waals surface area contributed by atoms with Gasteiger partial charge in [-0.15, -0.1) is 11.3 Å². The molecule has 0 aliphatic carbocycles. The molecular weight excluding hydrogens is 242 g/mol. The van der Waals surface area contributed by atoms with E-state index in [0.29, 0.717) is 0 Å². The molecule has 2 aromatic rings. The molecule has 0 unspecified atom stereocenters. The van der Waals surface area contributed by atoms with Crippen LogP contribution >= 0.6 is 11.3 Å². The molecule has 0 saturated carbocycles. The fourth-order valence-corrected chi connectivity index (χ4v) is 3.13. The minimum atomic E-state index is 0.915. The first-order valence-electron chi connectivity index (χ1n) is 6.03. The maximum Gasteiger partial charge on any atom is 0.127 e. The molecule has 0 saturated heterocycles. The van der Waals surface area contributed by atoms with Gasteiger partial charge in [0.25, 0.3) is 0 Å². The molecule has 0 atom stereocenters. The topological polar surface area (TPSA) is 21.3 Å². The molecule has 0 aliphatic rings. The van der Waals surface area contributed by atoms with Crippen molar-refractivity contribution in [3.8, 4) is 16.9 Å². The number of ether oxygens (including phenoxy) is 1. The van der Waals surface area contributed by atoms with E-state index in [4.69, 9.17) is 4.74 Å². The second kappa shape index (κ2) is 5.55. The molecule has 0 amide bonds. The minimum Gasteiger partial charge on any atom is -0.496 e. The van der Waals surface area contributed by atoms with E-state index in [1.54, 1.807) is 18.4 Å². The number of methoxy groups -OCH3 is 1. The molecule has 1 heterocycles. The molecule has 2 rings (SSSR count). The van der Waals surface area contributed by atoms with Gasteiger partial charge in [-0.2, -0.15) is 0 Å². The number of hydrogen-bond donors (Lipinski definition) is 1. The van der Waals surface area contributed by atoms with E-state index >= 15 is 0 Å². The first kappa shape index (κ1) is 13.1. The number of thiophene rings is 1. The highest BCUT2D eigenvalue weighted by atomic mass is 32.1. The lowest BCUT2D eigenvalue weighted by Crippen LogP contribution is -2.02. The van der Waals surface area contributed by atoms with Gasteiger partial charge in [0, 0.05) is 17.0 Å². The van der Waals surface area contributed by atoms with Crippen molar-refractivity contribution in [3.05, 3.63) is 39.6 Å². The number of nitrogens with one attached hydrogen (secondary N) is 1. The smallest absolute Gasteiger partial charge is 0.127 e. The van der Waals surface area contributed by atoms with Crippen LogP contribution in [0.1, 0.15) is 16.0 Å². The van der Waals surface area contributed by atoms with Gasteiger partial charge >= 0.3 is 0 Å². The molecule has 3 heteroatoms. The summed E-state index contributed by atoms with van der Waals surface area (Å²) in [5.41, 5.74) is 4.96. The van der Waals surface area contributed by atoms with E-state index in [1.807, 2.05) is 7.05 Å². The van der Waals surface area contributed by atoms with Crippen molar-refractivity contribution >= 4 is 11.3 Å². The minimum absolute atomic E-state index is 0.915. The van der Waals surface area contributed by atoms with Gasteiger partial charge in [-0.3, -0.25) is 0 Å². The summed E-state index contributed by atoms with van der Waals surface area (Å²) in [6, 6.07) is 6.53. The van der Waals surface area contributed by atoms with Crippen molar-refractivity contribution in [2.45, 2.75) is 20.4 Å². The quantitative estimate of drug-likeness (QED) is 0.905. The summed E-state index contributed by atoms with van der Waals surface area (Å²) in [5.74, 6) is 0.960. The van der Waals surface area contributed by atoms with Crippen LogP contribution in [0.3, 0.4) is 0 Å². The molecule has 0 spiro atoms. The molecular formula is C15H19NOS. The average Bonchev–Trinajstić information content (AvgIpc) is 2.76. The molecule has 0 radical (unpaired) electrons. The molecule has 2 nitrogen and oxygen atoms in total. The molecule has 96 valence electrons. The summed E-state index contributed by atoms with van der Waals surface area (Å²) in [4.78, 5) is 1.34. The van der Waals surface area contributed by atoms with Gasteiger partial charge in [-0.25, -0.2) is 0 Å². The molecule has 18 heavy (non-hydrogen) atoms. The Bertz CT molecular complexity index is 545. The van der Waals surface area contributed by atoms with E-state index in [0.717, 1.165) is 12.3 Å². The Morgan fingerprint density at radius 3 is 2.67 bits per heavy atom. The van der Waals surface area contributed by atoms with Crippen LogP contribution in [-0.2, 0) is 6.54 Å². The predicted octanol–water partition coefficient (Wildman–Crippen LogP) is 3.76. The van der Waals surface area contributed by atoms with Crippen LogP contribution in [0.5, 0.6) is 5.75 Å². The number of rotatable bonds is 4. The third-order valence-corrected chi connectivity index (χ3v) is 3.89. The molecule has 1 aromatic heterocycles. The fraction of sp³-hybridized carbons (Fsp3) is 0.333. The number of hydrogen-bond acceptors (Lipinski definition) is 3. The Morgan fingerprint density at radius 1 is 1.22 bits per heavy atom. The summed E-state index contributed by atoms with van der Waals surface area (Å²) in [6.07, 6.45) is 0. The van der Waals surface area contributed by atoms with Crippen molar-refractivity contribution in [1.82, 2.24) is 5.32 Å². The summed E-state index contributed by atoms with van der Waals surface area (Å²) in [5, 5.41) is 5.38. The van der Waals surface area contributed by atoms with E-state index in [1.165, 1.54) is 27.1 Å². The van der Waals surface area contributed by atoms with Crippen molar-refractivity contribution in [2.24, 2.45) is 0 Å². The van der Waals surface area contributed by atoms with Crippen LogP contribution in [0.4, 0.5) is 0 Å². The Hall–Kier alpha value is -1.32. The van der Waals surface area contributed by atoms with Gasteiger partial charge in [0.15, 0.2) is 0 Å². The summed E-state index contributed by atoms with van der Waals surface area (Å²) in [6.45, 7) is 5.15. The van der Waals surface area contributed by atoms with Gasteiger partial charge in [-0.05, 0) is 55.1 Å². The average molecular weight is 261 g/mol. The van der Waals surface area contributed by atoms with Crippen molar-refractivity contribution in [2.75, 3.05) is 14.2 Å². The molecule has 0 aliphatic heterocycles. The molecule has 1 aromatic carbocycles. The van der Waals surface area contributed by atoms with Gasteiger partial charge < -0.3 is 10.1 Å².